The molecule has 0 heterocycles. The van der Waals surface area contributed by atoms with Crippen molar-refractivity contribution in [3.8, 4) is 11.8 Å². The SMILES string of the molecule is CCCCN(Cc1ccccc1C#CCN)C1CC1. The van der Waals surface area contributed by atoms with Gasteiger partial charge in [0.05, 0.1) is 6.54 Å². The van der Waals surface area contributed by atoms with Gasteiger partial charge in [-0.15, -0.1) is 0 Å². The number of benzene rings is 1. The van der Waals surface area contributed by atoms with E-state index in [1.54, 1.807) is 0 Å². The van der Waals surface area contributed by atoms with E-state index < -0.39 is 0 Å². The lowest BCUT2D eigenvalue weighted by atomic mass is 10.1. The third-order valence-electron chi connectivity index (χ3n) is 3.58. The van der Waals surface area contributed by atoms with Crippen molar-refractivity contribution in [2.24, 2.45) is 5.73 Å². The Labute approximate surface area is 117 Å². The third-order valence-corrected chi connectivity index (χ3v) is 3.58. The summed E-state index contributed by atoms with van der Waals surface area (Å²) in [5.41, 5.74) is 7.94. The molecule has 1 saturated carbocycles. The van der Waals surface area contributed by atoms with Gasteiger partial charge < -0.3 is 5.73 Å². The molecular weight excluding hydrogens is 232 g/mol. The summed E-state index contributed by atoms with van der Waals surface area (Å²) in [5.74, 6) is 6.16. The molecule has 1 aromatic rings. The molecule has 19 heavy (non-hydrogen) atoms. The highest BCUT2D eigenvalue weighted by Crippen LogP contribution is 2.29. The number of unbranched alkanes of at least 4 members (excludes halogenated alkanes) is 1. The minimum absolute atomic E-state index is 0.427. The number of hydrogen-bond donors (Lipinski definition) is 1. The van der Waals surface area contributed by atoms with Crippen molar-refractivity contribution < 1.29 is 0 Å². The molecule has 0 saturated heterocycles. The van der Waals surface area contributed by atoms with Gasteiger partial charge >= 0.3 is 0 Å². The molecule has 0 radical (unpaired) electrons. The first-order chi connectivity index (χ1) is 9.35. The van der Waals surface area contributed by atoms with Crippen molar-refractivity contribution in [3.05, 3.63) is 35.4 Å². The molecular formula is C17H24N2. The summed E-state index contributed by atoms with van der Waals surface area (Å²) in [6.45, 7) is 4.92. The molecule has 2 nitrogen and oxygen atoms in total. The van der Waals surface area contributed by atoms with E-state index in [1.807, 2.05) is 0 Å². The maximum atomic E-state index is 5.47. The number of rotatable bonds is 6. The zero-order chi connectivity index (χ0) is 13.5. The molecule has 0 atom stereocenters. The first-order valence-electron chi connectivity index (χ1n) is 7.36. The molecule has 0 bridgehead atoms. The second-order valence-corrected chi connectivity index (χ2v) is 5.22. The maximum Gasteiger partial charge on any atom is 0.0555 e. The van der Waals surface area contributed by atoms with Gasteiger partial charge in [-0.3, -0.25) is 4.90 Å². The number of nitrogens with zero attached hydrogens (tertiary/aromatic N) is 1. The number of nitrogens with two attached hydrogens (primary N) is 1. The minimum atomic E-state index is 0.427. The molecule has 1 fully saturated rings. The zero-order valence-corrected chi connectivity index (χ0v) is 11.9. The summed E-state index contributed by atoms with van der Waals surface area (Å²) in [7, 11) is 0. The van der Waals surface area contributed by atoms with E-state index in [2.05, 4.69) is 47.9 Å². The van der Waals surface area contributed by atoms with Crippen molar-refractivity contribution in [3.63, 3.8) is 0 Å². The molecule has 1 aromatic carbocycles. The van der Waals surface area contributed by atoms with Gasteiger partial charge in [0.1, 0.15) is 0 Å². The monoisotopic (exact) mass is 256 g/mol. The second kappa shape index (κ2) is 7.33. The fourth-order valence-electron chi connectivity index (χ4n) is 2.34. The van der Waals surface area contributed by atoms with E-state index >= 15 is 0 Å². The molecule has 0 amide bonds. The second-order valence-electron chi connectivity index (χ2n) is 5.22. The average Bonchev–Trinajstić information content (AvgIpc) is 3.26. The van der Waals surface area contributed by atoms with Gasteiger partial charge in [0.25, 0.3) is 0 Å². The van der Waals surface area contributed by atoms with Crippen LogP contribution in [0, 0.1) is 11.8 Å². The Morgan fingerprint density at radius 3 is 2.79 bits per heavy atom. The van der Waals surface area contributed by atoms with Gasteiger partial charge in [-0.25, -0.2) is 0 Å². The standard InChI is InChI=1S/C17H24N2/c1-2-3-13-19(17-10-11-17)14-16-8-5-4-7-15(16)9-6-12-18/h4-5,7-8,17H,2-3,10-14,18H2,1H3. The van der Waals surface area contributed by atoms with Gasteiger partial charge in [0.2, 0.25) is 0 Å². The Morgan fingerprint density at radius 2 is 2.11 bits per heavy atom. The van der Waals surface area contributed by atoms with Crippen LogP contribution < -0.4 is 5.73 Å². The summed E-state index contributed by atoms with van der Waals surface area (Å²) < 4.78 is 0. The van der Waals surface area contributed by atoms with Crippen molar-refractivity contribution in [2.45, 2.75) is 45.2 Å². The van der Waals surface area contributed by atoms with Crippen LogP contribution in [-0.4, -0.2) is 24.0 Å². The molecule has 102 valence electrons. The van der Waals surface area contributed by atoms with Crippen LogP contribution in [0.2, 0.25) is 0 Å². The smallest absolute Gasteiger partial charge is 0.0555 e. The van der Waals surface area contributed by atoms with Crippen LogP contribution in [-0.2, 0) is 6.54 Å². The van der Waals surface area contributed by atoms with Crippen LogP contribution in [0.15, 0.2) is 24.3 Å². The molecule has 0 unspecified atom stereocenters. The Balaban J connectivity index is 2.07. The van der Waals surface area contributed by atoms with Crippen LogP contribution >= 0.6 is 0 Å². The zero-order valence-electron chi connectivity index (χ0n) is 11.9. The van der Waals surface area contributed by atoms with E-state index in [-0.39, 0.29) is 0 Å². The molecule has 2 heteroatoms. The third kappa shape index (κ3) is 4.38. The largest absolute Gasteiger partial charge is 0.320 e. The highest BCUT2D eigenvalue weighted by Gasteiger charge is 2.28. The van der Waals surface area contributed by atoms with E-state index in [0.717, 1.165) is 18.2 Å². The molecule has 1 aliphatic rings. The van der Waals surface area contributed by atoms with Gasteiger partial charge in [-0.1, -0.05) is 43.4 Å². The quantitative estimate of drug-likeness (QED) is 0.793. The fourth-order valence-corrected chi connectivity index (χ4v) is 2.34. The Bertz CT molecular complexity index is 452. The lowest BCUT2D eigenvalue weighted by Crippen LogP contribution is -2.27. The van der Waals surface area contributed by atoms with Crippen LogP contribution in [0.5, 0.6) is 0 Å². The van der Waals surface area contributed by atoms with Crippen LogP contribution in [0.1, 0.15) is 43.7 Å². The minimum Gasteiger partial charge on any atom is -0.320 e. The van der Waals surface area contributed by atoms with Gasteiger partial charge in [0.15, 0.2) is 0 Å². The van der Waals surface area contributed by atoms with E-state index in [9.17, 15) is 0 Å². The highest BCUT2D eigenvalue weighted by atomic mass is 15.2. The summed E-state index contributed by atoms with van der Waals surface area (Å²) in [4.78, 5) is 2.62. The predicted octanol–water partition coefficient (Wildman–Crippen LogP) is 2.76. The molecule has 0 spiro atoms. The van der Waals surface area contributed by atoms with Crippen molar-refractivity contribution in [1.82, 2.24) is 4.90 Å². The van der Waals surface area contributed by atoms with Crippen LogP contribution in [0.3, 0.4) is 0 Å². The van der Waals surface area contributed by atoms with Crippen LogP contribution in [0.4, 0.5) is 0 Å². The normalized spacial score (nSPS) is 14.3. The Hall–Kier alpha value is -1.30. The summed E-state index contributed by atoms with van der Waals surface area (Å²) in [6.07, 6.45) is 5.27. The van der Waals surface area contributed by atoms with Gasteiger partial charge in [-0.2, -0.15) is 0 Å². The van der Waals surface area contributed by atoms with Crippen molar-refractivity contribution >= 4 is 0 Å². The summed E-state index contributed by atoms with van der Waals surface area (Å²) in [5, 5.41) is 0. The van der Waals surface area contributed by atoms with Crippen molar-refractivity contribution in [1.29, 1.82) is 0 Å². The first-order valence-corrected chi connectivity index (χ1v) is 7.36. The fraction of sp³-hybridized carbons (Fsp3) is 0.529. The average molecular weight is 256 g/mol. The predicted molar refractivity (Wildman–Crippen MR) is 80.7 cm³/mol. The molecule has 0 aliphatic heterocycles. The lowest BCUT2D eigenvalue weighted by Gasteiger charge is -2.22. The maximum absolute atomic E-state index is 5.47. The summed E-state index contributed by atoms with van der Waals surface area (Å²) >= 11 is 0. The molecule has 0 aromatic heterocycles. The van der Waals surface area contributed by atoms with Gasteiger partial charge in [-0.05, 0) is 37.4 Å². The van der Waals surface area contributed by atoms with Crippen LogP contribution in [0.25, 0.3) is 0 Å². The Morgan fingerprint density at radius 1 is 1.32 bits per heavy atom. The Kier molecular flexibility index (Phi) is 5.44. The first kappa shape index (κ1) is 14.1. The molecule has 1 aliphatic carbocycles. The van der Waals surface area contributed by atoms with Crippen molar-refractivity contribution in [2.75, 3.05) is 13.1 Å². The highest BCUT2D eigenvalue weighted by molar-refractivity contribution is 5.41. The molecule has 2 N–H and O–H groups in total. The lowest BCUT2D eigenvalue weighted by molar-refractivity contribution is 0.250. The topological polar surface area (TPSA) is 29.3 Å². The number of hydrogen-bond acceptors (Lipinski definition) is 2. The van der Waals surface area contributed by atoms with E-state index in [4.69, 9.17) is 5.73 Å². The molecule has 2 rings (SSSR count). The summed E-state index contributed by atoms with van der Waals surface area (Å²) in [6, 6.07) is 9.26. The van der Waals surface area contributed by atoms with Gasteiger partial charge in [0, 0.05) is 18.2 Å². The van der Waals surface area contributed by atoms with E-state index in [1.165, 1.54) is 37.8 Å². The van der Waals surface area contributed by atoms with E-state index in [0.29, 0.717) is 6.54 Å².